The largest absolute Gasteiger partial charge is 0.325 e. The Morgan fingerprint density at radius 3 is 2.63 bits per heavy atom. The Labute approximate surface area is 116 Å². The lowest BCUT2D eigenvalue weighted by molar-refractivity contribution is 0.788. The Kier molecular flexibility index (Phi) is 2.95. The molecule has 0 saturated carbocycles. The van der Waals surface area contributed by atoms with E-state index in [1.165, 1.54) is 11.9 Å². The van der Waals surface area contributed by atoms with Crippen molar-refractivity contribution in [2.75, 3.05) is 0 Å². The summed E-state index contributed by atoms with van der Waals surface area (Å²) in [5.41, 5.74) is 4.36. The summed E-state index contributed by atoms with van der Waals surface area (Å²) in [6, 6.07) is 4.01. The number of rotatable bonds is 2. The first-order chi connectivity index (χ1) is 9.18. The first-order valence-electron chi connectivity index (χ1n) is 6.03. The van der Waals surface area contributed by atoms with Gasteiger partial charge in [0.05, 0.1) is 5.39 Å². The van der Waals surface area contributed by atoms with E-state index in [0.29, 0.717) is 5.15 Å². The molecule has 0 bridgehead atoms. The number of hydrogen-bond donors (Lipinski definition) is 0. The van der Waals surface area contributed by atoms with Crippen LogP contribution in [0.2, 0.25) is 5.15 Å². The van der Waals surface area contributed by atoms with Gasteiger partial charge in [0.2, 0.25) is 0 Å². The smallest absolute Gasteiger partial charge is 0.145 e. The third-order valence-corrected chi connectivity index (χ3v) is 3.74. The summed E-state index contributed by atoms with van der Waals surface area (Å²) >= 11 is 6.18. The van der Waals surface area contributed by atoms with Crippen molar-refractivity contribution in [3.63, 3.8) is 0 Å². The van der Waals surface area contributed by atoms with Crippen molar-refractivity contribution in [1.29, 1.82) is 0 Å². The van der Waals surface area contributed by atoms with Crippen molar-refractivity contribution in [2.45, 2.75) is 20.4 Å². The molecule has 0 radical (unpaired) electrons. The predicted molar refractivity (Wildman–Crippen MR) is 75.4 cm³/mol. The Balaban J connectivity index is 2.19. The lowest BCUT2D eigenvalue weighted by atomic mass is 10.2. The number of hydrogen-bond acceptors (Lipinski definition) is 3. The van der Waals surface area contributed by atoms with Crippen LogP contribution in [0.1, 0.15) is 16.8 Å². The second kappa shape index (κ2) is 4.63. The second-order valence-electron chi connectivity index (χ2n) is 4.52. The quantitative estimate of drug-likeness (QED) is 0.673. The average molecular weight is 273 g/mol. The van der Waals surface area contributed by atoms with Gasteiger partial charge in [0.1, 0.15) is 17.1 Å². The zero-order chi connectivity index (χ0) is 13.4. The topological polar surface area (TPSA) is 43.6 Å². The second-order valence-corrected chi connectivity index (χ2v) is 4.87. The van der Waals surface area contributed by atoms with Crippen LogP contribution in [0.25, 0.3) is 11.0 Å². The fourth-order valence-electron chi connectivity index (χ4n) is 2.29. The van der Waals surface area contributed by atoms with Crippen LogP contribution in [0, 0.1) is 13.8 Å². The van der Waals surface area contributed by atoms with E-state index in [1.807, 2.05) is 12.1 Å². The van der Waals surface area contributed by atoms with Crippen LogP contribution < -0.4 is 0 Å². The molecule has 0 spiro atoms. The molecule has 0 N–H and O–H groups in total. The lowest BCUT2D eigenvalue weighted by Gasteiger charge is -2.07. The molecule has 0 aliphatic carbocycles. The number of pyridine rings is 1. The molecule has 0 amide bonds. The minimum absolute atomic E-state index is 0.513. The number of halogens is 1. The number of nitrogens with zero attached hydrogens (tertiary/aromatic N) is 4. The van der Waals surface area contributed by atoms with Crippen molar-refractivity contribution < 1.29 is 0 Å². The Morgan fingerprint density at radius 2 is 1.89 bits per heavy atom. The van der Waals surface area contributed by atoms with Crippen LogP contribution in [0.5, 0.6) is 0 Å². The molecule has 3 aromatic heterocycles. The molecule has 3 heterocycles. The summed E-state index contributed by atoms with van der Waals surface area (Å²) in [5.74, 6) is 0. The maximum Gasteiger partial charge on any atom is 0.145 e. The average Bonchev–Trinajstić information content (AvgIpc) is 2.66. The van der Waals surface area contributed by atoms with Gasteiger partial charge in [-0.25, -0.2) is 9.97 Å². The number of aromatic nitrogens is 4. The third kappa shape index (κ3) is 1.98. The highest BCUT2D eigenvalue weighted by molar-refractivity contribution is 6.34. The standard InChI is InChI=1S/C14H13ClN4/c1-9-10(2)19(7-11-3-5-16-6-4-11)14-12(9)13(15)17-8-18-14/h3-6,8H,7H2,1-2H3. The van der Waals surface area contributed by atoms with Crippen molar-refractivity contribution in [3.05, 3.63) is 52.8 Å². The summed E-state index contributed by atoms with van der Waals surface area (Å²) in [4.78, 5) is 12.5. The normalized spacial score (nSPS) is 11.1. The van der Waals surface area contributed by atoms with Crippen molar-refractivity contribution in [1.82, 2.24) is 19.5 Å². The van der Waals surface area contributed by atoms with Gasteiger partial charge in [0.15, 0.2) is 0 Å². The van der Waals surface area contributed by atoms with Gasteiger partial charge in [0, 0.05) is 24.6 Å². The molecule has 19 heavy (non-hydrogen) atoms. The van der Waals surface area contributed by atoms with Gasteiger partial charge < -0.3 is 4.57 Å². The molecule has 0 aromatic carbocycles. The minimum atomic E-state index is 0.513. The fourth-order valence-corrected chi connectivity index (χ4v) is 2.56. The van der Waals surface area contributed by atoms with Crippen molar-refractivity contribution in [2.24, 2.45) is 0 Å². The van der Waals surface area contributed by atoms with Crippen LogP contribution in [-0.2, 0) is 6.54 Å². The molecule has 3 rings (SSSR count). The van der Waals surface area contributed by atoms with E-state index >= 15 is 0 Å². The molecular weight excluding hydrogens is 260 g/mol. The van der Waals surface area contributed by atoms with E-state index in [1.54, 1.807) is 12.4 Å². The first kappa shape index (κ1) is 12.1. The number of fused-ring (bicyclic) bond motifs is 1. The van der Waals surface area contributed by atoms with Gasteiger partial charge in [-0.3, -0.25) is 4.98 Å². The van der Waals surface area contributed by atoms with Gasteiger partial charge >= 0.3 is 0 Å². The molecule has 0 aliphatic heterocycles. The number of aryl methyl sites for hydroxylation is 1. The van der Waals surface area contributed by atoms with Crippen LogP contribution >= 0.6 is 11.6 Å². The van der Waals surface area contributed by atoms with E-state index < -0.39 is 0 Å². The Bertz CT molecular complexity index is 734. The van der Waals surface area contributed by atoms with Crippen molar-refractivity contribution >= 4 is 22.6 Å². The van der Waals surface area contributed by atoms with E-state index in [-0.39, 0.29) is 0 Å². The predicted octanol–water partition coefficient (Wildman–Crippen LogP) is 3.14. The lowest BCUT2D eigenvalue weighted by Crippen LogP contribution is -2.03. The molecule has 3 aromatic rings. The fraction of sp³-hybridized carbons (Fsp3) is 0.214. The van der Waals surface area contributed by atoms with Gasteiger partial charge in [0.25, 0.3) is 0 Å². The van der Waals surface area contributed by atoms with Crippen LogP contribution in [-0.4, -0.2) is 19.5 Å². The van der Waals surface area contributed by atoms with Crippen LogP contribution in [0.3, 0.4) is 0 Å². The highest BCUT2D eigenvalue weighted by Gasteiger charge is 2.15. The van der Waals surface area contributed by atoms with E-state index in [2.05, 4.69) is 33.4 Å². The minimum Gasteiger partial charge on any atom is -0.325 e. The molecule has 0 saturated heterocycles. The molecule has 0 fully saturated rings. The van der Waals surface area contributed by atoms with Crippen LogP contribution in [0.15, 0.2) is 30.9 Å². The Morgan fingerprint density at radius 1 is 1.16 bits per heavy atom. The monoisotopic (exact) mass is 272 g/mol. The van der Waals surface area contributed by atoms with Gasteiger partial charge in [-0.15, -0.1) is 0 Å². The molecule has 0 unspecified atom stereocenters. The Hall–Kier alpha value is -1.94. The van der Waals surface area contributed by atoms with Gasteiger partial charge in [-0.05, 0) is 37.1 Å². The first-order valence-corrected chi connectivity index (χ1v) is 6.41. The third-order valence-electron chi connectivity index (χ3n) is 3.45. The maximum absolute atomic E-state index is 6.18. The molecule has 0 aliphatic rings. The maximum atomic E-state index is 6.18. The summed E-state index contributed by atoms with van der Waals surface area (Å²) in [5, 5.41) is 1.45. The zero-order valence-electron chi connectivity index (χ0n) is 10.8. The van der Waals surface area contributed by atoms with Gasteiger partial charge in [-0.1, -0.05) is 11.6 Å². The summed E-state index contributed by atoms with van der Waals surface area (Å²) in [7, 11) is 0. The molecule has 0 atom stereocenters. The highest BCUT2D eigenvalue weighted by atomic mass is 35.5. The molecule has 4 nitrogen and oxygen atoms in total. The molecular formula is C14H13ClN4. The SMILES string of the molecule is Cc1c(C)n(Cc2ccncc2)c2ncnc(Cl)c12. The summed E-state index contributed by atoms with van der Waals surface area (Å²) in [6.07, 6.45) is 5.10. The summed E-state index contributed by atoms with van der Waals surface area (Å²) in [6.45, 7) is 4.89. The van der Waals surface area contributed by atoms with E-state index in [4.69, 9.17) is 11.6 Å². The van der Waals surface area contributed by atoms with E-state index in [0.717, 1.165) is 28.8 Å². The summed E-state index contributed by atoms with van der Waals surface area (Å²) < 4.78 is 2.16. The molecule has 96 valence electrons. The van der Waals surface area contributed by atoms with Crippen molar-refractivity contribution in [3.8, 4) is 0 Å². The van der Waals surface area contributed by atoms with Crippen LogP contribution in [0.4, 0.5) is 0 Å². The molecule has 5 heteroatoms. The van der Waals surface area contributed by atoms with Gasteiger partial charge in [-0.2, -0.15) is 0 Å². The zero-order valence-corrected chi connectivity index (χ0v) is 11.5. The van der Waals surface area contributed by atoms with E-state index in [9.17, 15) is 0 Å². The highest BCUT2D eigenvalue weighted by Crippen LogP contribution is 2.28.